The van der Waals surface area contributed by atoms with E-state index in [1.54, 1.807) is 0 Å². The number of nitrogens with one attached hydrogen (secondary N) is 1. The summed E-state index contributed by atoms with van der Waals surface area (Å²) in [5, 5.41) is 3.33. The zero-order valence-electron chi connectivity index (χ0n) is 18.5. The molecule has 0 bridgehead atoms. The Kier molecular flexibility index (Phi) is 6.37. The molecule has 2 aromatic rings. The van der Waals surface area contributed by atoms with Crippen LogP contribution in [0.5, 0.6) is 0 Å². The number of fused-ring (bicyclic) bond motifs is 1. The van der Waals surface area contributed by atoms with Crippen LogP contribution in [0.1, 0.15) is 49.3 Å². The fraction of sp³-hybridized carbons (Fsp3) is 0.519. The number of piperidine rings is 2. The number of likely N-dealkylation sites (tertiary alicyclic amines) is 1. The first-order chi connectivity index (χ1) is 15.3. The second kappa shape index (κ2) is 9.54. The van der Waals surface area contributed by atoms with Gasteiger partial charge < -0.3 is 10.2 Å². The standard InChI is InChI=1S/C27H35N3O/c31-27(28-18-23-14-9-17-29-16-8-7-15-25(23)29)24-19-30(20-24)26(21-10-3-1-4-11-21)22-12-5-2-6-13-22/h1-6,10-13,23-26H,7-9,14-20H2,(H,28,31)/t23-,25-/m1/s1. The molecule has 3 aliphatic rings. The summed E-state index contributed by atoms with van der Waals surface area (Å²) in [5.74, 6) is 1.00. The molecule has 0 radical (unpaired) electrons. The van der Waals surface area contributed by atoms with E-state index in [0.717, 1.165) is 19.6 Å². The van der Waals surface area contributed by atoms with Crippen molar-refractivity contribution in [1.29, 1.82) is 0 Å². The Morgan fingerprint density at radius 2 is 1.52 bits per heavy atom. The molecule has 3 saturated heterocycles. The summed E-state index contributed by atoms with van der Waals surface area (Å²) >= 11 is 0. The van der Waals surface area contributed by atoms with Gasteiger partial charge in [0.05, 0.1) is 12.0 Å². The van der Waals surface area contributed by atoms with E-state index in [1.807, 2.05) is 0 Å². The topological polar surface area (TPSA) is 35.6 Å². The van der Waals surface area contributed by atoms with Gasteiger partial charge in [-0.15, -0.1) is 0 Å². The first kappa shape index (κ1) is 20.7. The highest BCUT2D eigenvalue weighted by atomic mass is 16.2. The van der Waals surface area contributed by atoms with Crippen molar-refractivity contribution < 1.29 is 4.79 Å². The lowest BCUT2D eigenvalue weighted by Gasteiger charge is -2.45. The van der Waals surface area contributed by atoms with Gasteiger partial charge >= 0.3 is 0 Å². The molecule has 0 spiro atoms. The lowest BCUT2D eigenvalue weighted by Crippen LogP contribution is -2.56. The normalized spacial score (nSPS) is 25.1. The third kappa shape index (κ3) is 4.56. The van der Waals surface area contributed by atoms with Crippen molar-refractivity contribution in [2.24, 2.45) is 11.8 Å². The Hall–Kier alpha value is -2.17. The Labute approximate surface area is 186 Å². The van der Waals surface area contributed by atoms with Gasteiger partial charge in [-0.2, -0.15) is 0 Å². The number of carbonyl (C=O) groups is 1. The number of carbonyl (C=O) groups excluding carboxylic acids is 1. The SMILES string of the molecule is O=C(NC[C@H]1CCCN2CCCC[C@H]12)C1CN(C(c2ccccc2)c2ccccc2)C1. The van der Waals surface area contributed by atoms with Gasteiger partial charge in [0.2, 0.25) is 5.91 Å². The maximum atomic E-state index is 12.9. The van der Waals surface area contributed by atoms with E-state index in [0.29, 0.717) is 12.0 Å². The lowest BCUT2D eigenvalue weighted by atomic mass is 9.83. The minimum atomic E-state index is 0.112. The van der Waals surface area contributed by atoms with Crippen LogP contribution in [-0.2, 0) is 4.79 Å². The average molecular weight is 418 g/mol. The second-order valence-corrected chi connectivity index (χ2v) is 9.62. The van der Waals surface area contributed by atoms with Gasteiger partial charge in [-0.3, -0.25) is 9.69 Å². The summed E-state index contributed by atoms with van der Waals surface area (Å²) in [4.78, 5) is 18.0. The molecule has 1 N–H and O–H groups in total. The van der Waals surface area contributed by atoms with E-state index in [1.165, 1.54) is 56.3 Å². The molecule has 2 atom stereocenters. The monoisotopic (exact) mass is 417 g/mol. The number of nitrogens with zero attached hydrogens (tertiary/aromatic N) is 2. The van der Waals surface area contributed by atoms with Crippen molar-refractivity contribution in [1.82, 2.24) is 15.1 Å². The minimum absolute atomic E-state index is 0.112. The van der Waals surface area contributed by atoms with Gasteiger partial charge in [0.25, 0.3) is 0 Å². The number of hydrogen-bond donors (Lipinski definition) is 1. The van der Waals surface area contributed by atoms with Crippen LogP contribution < -0.4 is 5.32 Å². The van der Waals surface area contributed by atoms with Gasteiger partial charge in [-0.05, 0) is 55.8 Å². The summed E-state index contributed by atoms with van der Waals surface area (Å²) < 4.78 is 0. The van der Waals surface area contributed by atoms with Gasteiger partial charge in [-0.25, -0.2) is 0 Å². The molecule has 0 aliphatic carbocycles. The predicted molar refractivity (Wildman–Crippen MR) is 125 cm³/mol. The molecular weight excluding hydrogens is 382 g/mol. The Bertz CT molecular complexity index is 808. The highest BCUT2D eigenvalue weighted by molar-refractivity contribution is 5.80. The Morgan fingerprint density at radius 3 is 2.19 bits per heavy atom. The number of hydrogen-bond acceptors (Lipinski definition) is 3. The molecule has 3 fully saturated rings. The van der Waals surface area contributed by atoms with Gasteiger partial charge in [0.15, 0.2) is 0 Å². The predicted octanol–water partition coefficient (Wildman–Crippen LogP) is 4.09. The number of amides is 1. The summed E-state index contributed by atoms with van der Waals surface area (Å²) in [5.41, 5.74) is 2.60. The first-order valence-electron chi connectivity index (χ1n) is 12.2. The van der Waals surface area contributed by atoms with Crippen LogP contribution in [0, 0.1) is 11.8 Å². The van der Waals surface area contributed by atoms with Crippen LogP contribution in [0.2, 0.25) is 0 Å². The molecule has 0 saturated carbocycles. The second-order valence-electron chi connectivity index (χ2n) is 9.62. The lowest BCUT2D eigenvalue weighted by molar-refractivity contribution is -0.131. The molecule has 31 heavy (non-hydrogen) atoms. The molecule has 0 aromatic heterocycles. The molecule has 3 heterocycles. The zero-order chi connectivity index (χ0) is 21.0. The third-order valence-electron chi connectivity index (χ3n) is 7.64. The molecule has 4 nitrogen and oxygen atoms in total. The quantitative estimate of drug-likeness (QED) is 0.769. The van der Waals surface area contributed by atoms with E-state index in [-0.39, 0.29) is 17.9 Å². The molecule has 0 unspecified atom stereocenters. The Balaban J connectivity index is 1.18. The van der Waals surface area contributed by atoms with Crippen LogP contribution in [0.3, 0.4) is 0 Å². The highest BCUT2D eigenvalue weighted by Crippen LogP contribution is 2.35. The van der Waals surface area contributed by atoms with E-state index in [9.17, 15) is 4.79 Å². The molecule has 5 rings (SSSR count). The van der Waals surface area contributed by atoms with Crippen molar-refractivity contribution in [3.05, 3.63) is 71.8 Å². The van der Waals surface area contributed by atoms with Crippen molar-refractivity contribution in [2.45, 2.75) is 44.2 Å². The molecule has 3 aliphatic heterocycles. The van der Waals surface area contributed by atoms with Crippen molar-refractivity contribution in [3.8, 4) is 0 Å². The third-order valence-corrected chi connectivity index (χ3v) is 7.64. The van der Waals surface area contributed by atoms with Gasteiger partial charge in [0.1, 0.15) is 0 Å². The number of rotatable bonds is 6. The largest absolute Gasteiger partial charge is 0.355 e. The summed E-state index contributed by atoms with van der Waals surface area (Å²) in [6, 6.07) is 22.3. The smallest absolute Gasteiger partial charge is 0.225 e. The van der Waals surface area contributed by atoms with Crippen LogP contribution in [0.25, 0.3) is 0 Å². The van der Waals surface area contributed by atoms with E-state index < -0.39 is 0 Å². The van der Waals surface area contributed by atoms with Crippen LogP contribution in [0.4, 0.5) is 0 Å². The van der Waals surface area contributed by atoms with E-state index >= 15 is 0 Å². The molecule has 4 heteroatoms. The van der Waals surface area contributed by atoms with Crippen molar-refractivity contribution >= 4 is 5.91 Å². The van der Waals surface area contributed by atoms with Gasteiger partial charge in [-0.1, -0.05) is 67.1 Å². The van der Waals surface area contributed by atoms with Crippen molar-refractivity contribution in [3.63, 3.8) is 0 Å². The van der Waals surface area contributed by atoms with Crippen LogP contribution in [-0.4, -0.2) is 54.5 Å². The fourth-order valence-corrected chi connectivity index (χ4v) is 5.97. The van der Waals surface area contributed by atoms with E-state index in [2.05, 4.69) is 75.8 Å². The fourth-order valence-electron chi connectivity index (χ4n) is 5.97. The first-order valence-corrected chi connectivity index (χ1v) is 12.2. The maximum absolute atomic E-state index is 12.9. The van der Waals surface area contributed by atoms with Crippen LogP contribution in [0.15, 0.2) is 60.7 Å². The van der Waals surface area contributed by atoms with E-state index in [4.69, 9.17) is 0 Å². The Morgan fingerprint density at radius 1 is 0.871 bits per heavy atom. The van der Waals surface area contributed by atoms with Crippen LogP contribution >= 0.6 is 0 Å². The highest BCUT2D eigenvalue weighted by Gasteiger charge is 2.39. The molecule has 2 aromatic carbocycles. The molecule has 1 amide bonds. The molecule has 164 valence electrons. The average Bonchev–Trinajstić information content (AvgIpc) is 2.80. The van der Waals surface area contributed by atoms with Crippen molar-refractivity contribution in [2.75, 3.05) is 32.7 Å². The summed E-state index contributed by atoms with van der Waals surface area (Å²) in [6.45, 7) is 5.04. The summed E-state index contributed by atoms with van der Waals surface area (Å²) in [6.07, 6.45) is 6.56. The minimum Gasteiger partial charge on any atom is -0.355 e. The van der Waals surface area contributed by atoms with Gasteiger partial charge in [0, 0.05) is 25.7 Å². The zero-order valence-corrected chi connectivity index (χ0v) is 18.5. The number of benzene rings is 2. The molecular formula is C27H35N3O. The summed E-state index contributed by atoms with van der Waals surface area (Å²) in [7, 11) is 0. The maximum Gasteiger partial charge on any atom is 0.225 e.